The Morgan fingerprint density at radius 3 is 3.00 bits per heavy atom. The summed E-state index contributed by atoms with van der Waals surface area (Å²) in [7, 11) is 1.60. The number of carbonyl (C=O) groups excluding carboxylic acids is 1. The average molecular weight is 206 g/mol. The molecule has 0 aromatic carbocycles. The van der Waals surface area contributed by atoms with Crippen LogP contribution in [0.15, 0.2) is 18.3 Å². The first-order valence-corrected chi connectivity index (χ1v) is 5.11. The van der Waals surface area contributed by atoms with Crippen molar-refractivity contribution in [3.05, 3.63) is 29.6 Å². The number of pyridine rings is 1. The van der Waals surface area contributed by atoms with Crippen LogP contribution in [0.25, 0.3) is 0 Å². The first-order valence-electron chi connectivity index (χ1n) is 5.11. The molecule has 1 aromatic rings. The van der Waals surface area contributed by atoms with Gasteiger partial charge in [-0.05, 0) is 24.5 Å². The lowest BCUT2D eigenvalue weighted by Gasteiger charge is -2.09. The third-order valence-electron chi connectivity index (χ3n) is 2.55. The molecule has 0 aliphatic carbocycles. The Kier molecular flexibility index (Phi) is 2.97. The topological polar surface area (TPSA) is 51.2 Å². The van der Waals surface area contributed by atoms with E-state index < -0.39 is 0 Å². The van der Waals surface area contributed by atoms with E-state index in [2.05, 4.69) is 10.3 Å². The lowest BCUT2D eigenvalue weighted by molar-refractivity contribution is 0.0956. The molecule has 4 heteroatoms. The van der Waals surface area contributed by atoms with Crippen LogP contribution in [-0.2, 0) is 4.74 Å². The Balaban J connectivity index is 2.12. The van der Waals surface area contributed by atoms with E-state index in [-0.39, 0.29) is 12.0 Å². The summed E-state index contributed by atoms with van der Waals surface area (Å²) in [5, 5.41) is 2.54. The maximum Gasteiger partial charge on any atom is 0.269 e. The Morgan fingerprint density at radius 1 is 1.60 bits per heavy atom. The molecular weight excluding hydrogens is 192 g/mol. The van der Waals surface area contributed by atoms with Gasteiger partial charge in [0.25, 0.3) is 5.91 Å². The van der Waals surface area contributed by atoms with Crippen molar-refractivity contribution in [2.75, 3.05) is 13.7 Å². The minimum absolute atomic E-state index is 0.158. The second kappa shape index (κ2) is 4.40. The lowest BCUT2D eigenvalue weighted by Crippen LogP contribution is -2.19. The van der Waals surface area contributed by atoms with Gasteiger partial charge in [-0.15, -0.1) is 0 Å². The van der Waals surface area contributed by atoms with E-state index >= 15 is 0 Å². The molecule has 4 nitrogen and oxygen atoms in total. The molecule has 1 aromatic heterocycles. The SMILES string of the molecule is CNC(=O)c1ccc(C2CCCO2)cn1. The Bertz CT molecular complexity index is 342. The summed E-state index contributed by atoms with van der Waals surface area (Å²) in [6.07, 6.45) is 4.03. The van der Waals surface area contributed by atoms with Crippen molar-refractivity contribution in [3.63, 3.8) is 0 Å². The van der Waals surface area contributed by atoms with Crippen LogP contribution in [0.1, 0.15) is 35.0 Å². The minimum Gasteiger partial charge on any atom is -0.373 e. The third-order valence-corrected chi connectivity index (χ3v) is 2.55. The van der Waals surface area contributed by atoms with Gasteiger partial charge in [0, 0.05) is 19.9 Å². The Hall–Kier alpha value is -1.42. The number of rotatable bonds is 2. The maximum atomic E-state index is 11.2. The molecule has 80 valence electrons. The zero-order valence-electron chi connectivity index (χ0n) is 8.69. The van der Waals surface area contributed by atoms with Gasteiger partial charge in [-0.25, -0.2) is 0 Å². The highest BCUT2D eigenvalue weighted by molar-refractivity contribution is 5.91. The smallest absolute Gasteiger partial charge is 0.269 e. The van der Waals surface area contributed by atoms with E-state index in [4.69, 9.17) is 4.74 Å². The highest BCUT2D eigenvalue weighted by Crippen LogP contribution is 2.27. The molecule has 1 amide bonds. The standard InChI is InChI=1S/C11H14N2O2/c1-12-11(14)9-5-4-8(7-13-9)10-3-2-6-15-10/h4-5,7,10H,2-3,6H2,1H3,(H,12,14). The second-order valence-electron chi connectivity index (χ2n) is 3.56. The summed E-state index contributed by atoms with van der Waals surface area (Å²) in [6.45, 7) is 0.821. The number of amides is 1. The number of nitrogens with one attached hydrogen (secondary N) is 1. The number of hydrogen-bond donors (Lipinski definition) is 1. The molecule has 0 spiro atoms. The van der Waals surface area contributed by atoms with E-state index in [1.165, 1.54) is 0 Å². The van der Waals surface area contributed by atoms with Crippen molar-refractivity contribution < 1.29 is 9.53 Å². The van der Waals surface area contributed by atoms with Gasteiger partial charge in [-0.3, -0.25) is 9.78 Å². The molecule has 2 heterocycles. The molecule has 1 aliphatic heterocycles. The van der Waals surface area contributed by atoms with E-state index in [9.17, 15) is 4.79 Å². The number of aromatic nitrogens is 1. The number of nitrogens with zero attached hydrogens (tertiary/aromatic N) is 1. The van der Waals surface area contributed by atoms with Gasteiger partial charge in [0.1, 0.15) is 5.69 Å². The largest absolute Gasteiger partial charge is 0.373 e. The van der Waals surface area contributed by atoms with Crippen LogP contribution < -0.4 is 5.32 Å². The van der Waals surface area contributed by atoms with Gasteiger partial charge < -0.3 is 10.1 Å². The molecule has 1 aliphatic rings. The van der Waals surface area contributed by atoms with Gasteiger partial charge in [-0.2, -0.15) is 0 Å². The Labute approximate surface area is 88.7 Å². The number of ether oxygens (including phenoxy) is 1. The summed E-state index contributed by atoms with van der Waals surface area (Å²) in [5.41, 5.74) is 1.50. The molecular formula is C11H14N2O2. The maximum absolute atomic E-state index is 11.2. The molecule has 1 N–H and O–H groups in total. The quantitative estimate of drug-likeness (QED) is 0.793. The summed E-state index contributed by atoms with van der Waals surface area (Å²) in [6, 6.07) is 3.64. The molecule has 0 radical (unpaired) electrons. The fraction of sp³-hybridized carbons (Fsp3) is 0.455. The van der Waals surface area contributed by atoms with E-state index in [0.717, 1.165) is 25.0 Å². The van der Waals surface area contributed by atoms with Crippen LogP contribution in [0.4, 0.5) is 0 Å². The second-order valence-corrected chi connectivity index (χ2v) is 3.56. The average Bonchev–Trinajstić information content (AvgIpc) is 2.82. The monoisotopic (exact) mass is 206 g/mol. The van der Waals surface area contributed by atoms with Crippen LogP contribution in [-0.4, -0.2) is 24.5 Å². The lowest BCUT2D eigenvalue weighted by atomic mass is 10.1. The van der Waals surface area contributed by atoms with Gasteiger partial charge >= 0.3 is 0 Å². The van der Waals surface area contributed by atoms with Crippen molar-refractivity contribution in [1.82, 2.24) is 10.3 Å². The third kappa shape index (κ3) is 2.15. The van der Waals surface area contributed by atoms with Gasteiger partial charge in [0.2, 0.25) is 0 Å². The molecule has 0 saturated carbocycles. The number of carbonyl (C=O) groups is 1. The van der Waals surface area contributed by atoms with Crippen LogP contribution in [0.2, 0.25) is 0 Å². The zero-order valence-corrected chi connectivity index (χ0v) is 8.69. The van der Waals surface area contributed by atoms with Gasteiger partial charge in [0.15, 0.2) is 0 Å². The first kappa shape index (κ1) is 10.1. The highest BCUT2D eigenvalue weighted by Gasteiger charge is 2.18. The Morgan fingerprint density at radius 2 is 2.47 bits per heavy atom. The fourth-order valence-electron chi connectivity index (χ4n) is 1.70. The summed E-state index contributed by atoms with van der Waals surface area (Å²) >= 11 is 0. The predicted molar refractivity (Wildman–Crippen MR) is 55.6 cm³/mol. The van der Waals surface area contributed by atoms with Crippen LogP contribution in [0.3, 0.4) is 0 Å². The minimum atomic E-state index is -0.158. The van der Waals surface area contributed by atoms with E-state index in [0.29, 0.717) is 5.69 Å². The van der Waals surface area contributed by atoms with Crippen LogP contribution in [0.5, 0.6) is 0 Å². The zero-order chi connectivity index (χ0) is 10.7. The summed E-state index contributed by atoms with van der Waals surface area (Å²) in [5.74, 6) is -0.158. The molecule has 2 rings (SSSR count). The molecule has 1 fully saturated rings. The van der Waals surface area contributed by atoms with E-state index in [1.807, 2.05) is 6.07 Å². The van der Waals surface area contributed by atoms with Crippen LogP contribution >= 0.6 is 0 Å². The highest BCUT2D eigenvalue weighted by atomic mass is 16.5. The van der Waals surface area contributed by atoms with Crippen molar-refractivity contribution in [2.24, 2.45) is 0 Å². The normalized spacial score (nSPS) is 20.2. The molecule has 15 heavy (non-hydrogen) atoms. The molecule has 1 saturated heterocycles. The molecule has 1 unspecified atom stereocenters. The molecule has 0 bridgehead atoms. The van der Waals surface area contributed by atoms with Gasteiger partial charge in [0.05, 0.1) is 6.10 Å². The van der Waals surface area contributed by atoms with Crippen LogP contribution in [0, 0.1) is 0 Å². The first-order chi connectivity index (χ1) is 7.31. The van der Waals surface area contributed by atoms with Crippen molar-refractivity contribution in [3.8, 4) is 0 Å². The van der Waals surface area contributed by atoms with Crippen molar-refractivity contribution >= 4 is 5.91 Å². The van der Waals surface area contributed by atoms with Gasteiger partial charge in [-0.1, -0.05) is 6.07 Å². The fourth-order valence-corrected chi connectivity index (χ4v) is 1.70. The van der Waals surface area contributed by atoms with Crippen molar-refractivity contribution in [1.29, 1.82) is 0 Å². The summed E-state index contributed by atoms with van der Waals surface area (Å²) < 4.78 is 5.53. The summed E-state index contributed by atoms with van der Waals surface area (Å²) in [4.78, 5) is 15.3. The van der Waals surface area contributed by atoms with Crippen molar-refractivity contribution in [2.45, 2.75) is 18.9 Å². The number of hydrogen-bond acceptors (Lipinski definition) is 3. The molecule has 1 atom stereocenters. The van der Waals surface area contributed by atoms with E-state index in [1.54, 1.807) is 19.3 Å². The predicted octanol–water partition coefficient (Wildman–Crippen LogP) is 1.29.